The summed E-state index contributed by atoms with van der Waals surface area (Å²) in [7, 11) is 0. The van der Waals surface area contributed by atoms with Crippen molar-refractivity contribution in [2.24, 2.45) is 11.8 Å². The Kier molecular flexibility index (Phi) is 9.81. The topological polar surface area (TPSA) is 92.7 Å². The highest BCUT2D eigenvalue weighted by molar-refractivity contribution is 5.79. The van der Waals surface area contributed by atoms with Gasteiger partial charge >= 0.3 is 0 Å². The van der Waals surface area contributed by atoms with Gasteiger partial charge in [0, 0.05) is 19.3 Å². The molecule has 8 heteroatoms. The van der Waals surface area contributed by atoms with E-state index in [1.807, 2.05) is 0 Å². The molecule has 0 radical (unpaired) electrons. The summed E-state index contributed by atoms with van der Waals surface area (Å²) in [5.74, 6) is 1.16. The fourth-order valence-electron chi connectivity index (χ4n) is 8.51. The fraction of sp³-hybridized carbons (Fsp3) is 0.912. The van der Waals surface area contributed by atoms with Gasteiger partial charge in [-0.05, 0) is 75.7 Å². The summed E-state index contributed by atoms with van der Waals surface area (Å²) in [6.45, 7) is 12.9. The summed E-state index contributed by atoms with van der Waals surface area (Å²) >= 11 is 0. The molecule has 0 aromatic rings. The van der Waals surface area contributed by atoms with Gasteiger partial charge in [-0.3, -0.25) is 4.79 Å². The van der Waals surface area contributed by atoms with Gasteiger partial charge in [-0.2, -0.15) is 0 Å². The molecule has 15 atom stereocenters. The lowest BCUT2D eigenvalue weighted by molar-refractivity contribution is -0.263. The van der Waals surface area contributed by atoms with E-state index in [0.29, 0.717) is 18.8 Å². The van der Waals surface area contributed by atoms with Crippen LogP contribution in [0.15, 0.2) is 12.2 Å². The molecule has 0 saturated carbocycles. The van der Waals surface area contributed by atoms with Crippen molar-refractivity contribution in [2.45, 2.75) is 184 Å². The number of ketones is 1. The average Bonchev–Trinajstić information content (AvgIpc) is 3.71. The van der Waals surface area contributed by atoms with Crippen LogP contribution in [-0.4, -0.2) is 90.2 Å². The number of carbonyl (C=O) groups is 1. The Hall–Kier alpha value is -0.870. The van der Waals surface area contributed by atoms with E-state index in [4.69, 9.17) is 28.4 Å². The van der Waals surface area contributed by atoms with Crippen molar-refractivity contribution in [1.82, 2.24) is 0 Å². The second-order valence-corrected chi connectivity index (χ2v) is 14.3. The van der Waals surface area contributed by atoms with Gasteiger partial charge in [0.25, 0.3) is 0 Å². The highest BCUT2D eigenvalue weighted by Crippen LogP contribution is 2.45. The van der Waals surface area contributed by atoms with Crippen LogP contribution in [0, 0.1) is 11.8 Å². The third kappa shape index (κ3) is 6.56. The number of carbonyl (C=O) groups excluding carboxylic acids is 1. The van der Waals surface area contributed by atoms with Crippen molar-refractivity contribution in [3.8, 4) is 0 Å². The van der Waals surface area contributed by atoms with Crippen molar-refractivity contribution >= 4 is 5.78 Å². The Morgan fingerprint density at radius 3 is 2.38 bits per heavy atom. The molecular weight excluding hydrogens is 536 g/mol. The number of fused-ring (bicyclic) bond motifs is 4. The molecule has 6 aliphatic rings. The first kappa shape index (κ1) is 31.1. The van der Waals surface area contributed by atoms with Gasteiger partial charge in [-0.1, -0.05) is 33.8 Å². The van der Waals surface area contributed by atoms with Crippen LogP contribution in [0.4, 0.5) is 0 Å². The zero-order chi connectivity index (χ0) is 29.5. The summed E-state index contributed by atoms with van der Waals surface area (Å²) in [5, 5.41) is 11.3. The fourth-order valence-corrected chi connectivity index (χ4v) is 8.51. The number of ether oxygens (including phenoxy) is 6. The maximum atomic E-state index is 13.1. The summed E-state index contributed by atoms with van der Waals surface area (Å²) in [6.07, 6.45) is 8.60. The second kappa shape index (κ2) is 13.2. The van der Waals surface area contributed by atoms with Crippen LogP contribution in [0.3, 0.4) is 0 Å². The molecule has 0 aromatic heterocycles. The SMILES string of the molecule is C=C1C[C@H](CC[C@@H]2CC3OC4C(O[C@H]5CC[C@H](CC(=O)C[C@@H]6C[C@@H](C[C@H](C)CC)O[C@H]6C)OC5[C@@H]4O)[C@H]3O2)O[C@H]1CC. The van der Waals surface area contributed by atoms with Crippen LogP contribution in [0.2, 0.25) is 0 Å². The van der Waals surface area contributed by atoms with E-state index in [2.05, 4.69) is 34.3 Å². The monoisotopic (exact) mass is 590 g/mol. The van der Waals surface area contributed by atoms with Gasteiger partial charge in [0.1, 0.15) is 36.3 Å². The molecule has 0 spiro atoms. The Morgan fingerprint density at radius 2 is 1.62 bits per heavy atom. The predicted octanol–water partition coefficient (Wildman–Crippen LogP) is 5.07. The third-order valence-corrected chi connectivity index (χ3v) is 11.1. The number of hydrogen-bond donors (Lipinski definition) is 1. The van der Waals surface area contributed by atoms with Crippen LogP contribution in [0.25, 0.3) is 0 Å². The molecule has 8 nitrogen and oxygen atoms in total. The van der Waals surface area contributed by atoms with E-state index in [-0.39, 0.29) is 72.7 Å². The molecule has 238 valence electrons. The van der Waals surface area contributed by atoms with Crippen LogP contribution < -0.4 is 0 Å². The molecule has 1 N–H and O–H groups in total. The molecule has 6 aliphatic heterocycles. The van der Waals surface area contributed by atoms with Crippen molar-refractivity contribution in [3.63, 3.8) is 0 Å². The molecule has 6 rings (SSSR count). The Bertz CT molecular complexity index is 956. The molecule has 0 aliphatic carbocycles. The standard InChI is InChI=1S/C34H54O8/c1-6-18(3)12-26-15-21(20(5)37-26)14-22(35)16-24-10-11-28-31(39-24)30(36)33-34(41-28)32-29(42-33)17-25(40-32)9-8-23-13-19(4)27(7-2)38-23/h18,20-21,23-34,36H,4,6-17H2,1-3,5H3/t18-,20+,21-,23+,24-,25-,26-,27+,28+,29?,30+,31?,32+,33?,34?/m1/s1. The maximum Gasteiger partial charge on any atom is 0.135 e. The highest BCUT2D eigenvalue weighted by atomic mass is 16.6. The average molecular weight is 591 g/mol. The lowest BCUT2D eigenvalue weighted by Gasteiger charge is -2.46. The molecule has 6 heterocycles. The van der Waals surface area contributed by atoms with Crippen molar-refractivity contribution in [2.75, 3.05) is 0 Å². The Balaban J connectivity index is 0.954. The molecule has 6 fully saturated rings. The number of Topliss-reactive ketones (excluding diaryl/α,β-unsaturated/α-hetero) is 1. The van der Waals surface area contributed by atoms with Crippen LogP contribution in [-0.2, 0) is 33.2 Å². The Labute approximate surface area is 252 Å². The van der Waals surface area contributed by atoms with Gasteiger partial charge in [-0.25, -0.2) is 0 Å². The third-order valence-electron chi connectivity index (χ3n) is 11.1. The second-order valence-electron chi connectivity index (χ2n) is 14.3. The predicted molar refractivity (Wildman–Crippen MR) is 157 cm³/mol. The van der Waals surface area contributed by atoms with E-state index in [9.17, 15) is 9.90 Å². The minimum Gasteiger partial charge on any atom is -0.387 e. The normalized spacial score (nSPS) is 47.3. The number of aliphatic hydroxyl groups is 1. The van der Waals surface area contributed by atoms with Gasteiger partial charge in [0.15, 0.2) is 0 Å². The summed E-state index contributed by atoms with van der Waals surface area (Å²) in [6, 6.07) is 0. The van der Waals surface area contributed by atoms with E-state index >= 15 is 0 Å². The first-order chi connectivity index (χ1) is 20.2. The molecule has 0 bridgehead atoms. The highest BCUT2D eigenvalue weighted by Gasteiger charge is 2.60. The first-order valence-corrected chi connectivity index (χ1v) is 17.0. The maximum absolute atomic E-state index is 13.1. The van der Waals surface area contributed by atoms with E-state index in [0.717, 1.165) is 64.2 Å². The van der Waals surface area contributed by atoms with E-state index in [1.165, 1.54) is 5.57 Å². The van der Waals surface area contributed by atoms with Crippen LogP contribution >= 0.6 is 0 Å². The van der Waals surface area contributed by atoms with Crippen molar-refractivity contribution < 1.29 is 38.3 Å². The minimum atomic E-state index is -0.784. The zero-order valence-electron chi connectivity index (χ0n) is 26.2. The van der Waals surface area contributed by atoms with Gasteiger partial charge in [-0.15, -0.1) is 0 Å². The molecule has 0 amide bonds. The Morgan fingerprint density at radius 1 is 0.857 bits per heavy atom. The zero-order valence-corrected chi connectivity index (χ0v) is 26.2. The number of rotatable bonds is 11. The summed E-state index contributed by atoms with van der Waals surface area (Å²) < 4.78 is 38.0. The van der Waals surface area contributed by atoms with E-state index in [1.54, 1.807) is 0 Å². The lowest BCUT2D eigenvalue weighted by atomic mass is 9.86. The van der Waals surface area contributed by atoms with Crippen LogP contribution in [0.1, 0.15) is 105 Å². The molecule has 4 unspecified atom stereocenters. The first-order valence-electron chi connectivity index (χ1n) is 17.0. The van der Waals surface area contributed by atoms with Gasteiger partial charge in [0.2, 0.25) is 0 Å². The minimum absolute atomic E-state index is 0.0696. The summed E-state index contributed by atoms with van der Waals surface area (Å²) in [5.41, 5.74) is 1.21. The largest absolute Gasteiger partial charge is 0.387 e. The van der Waals surface area contributed by atoms with E-state index < -0.39 is 18.3 Å². The van der Waals surface area contributed by atoms with Crippen molar-refractivity contribution in [1.29, 1.82) is 0 Å². The number of aliphatic hydroxyl groups excluding tert-OH is 1. The molecule has 6 saturated heterocycles. The summed E-state index contributed by atoms with van der Waals surface area (Å²) in [4.78, 5) is 13.1. The quantitative estimate of drug-likeness (QED) is 0.334. The lowest BCUT2D eigenvalue weighted by Crippen LogP contribution is -2.61. The van der Waals surface area contributed by atoms with Gasteiger partial charge < -0.3 is 33.5 Å². The number of hydrogen-bond acceptors (Lipinski definition) is 8. The molecule has 42 heavy (non-hydrogen) atoms. The van der Waals surface area contributed by atoms with Crippen LogP contribution in [0.5, 0.6) is 0 Å². The molecular formula is C34H54O8. The van der Waals surface area contributed by atoms with Crippen molar-refractivity contribution in [3.05, 3.63) is 12.2 Å². The smallest absolute Gasteiger partial charge is 0.135 e. The van der Waals surface area contributed by atoms with Gasteiger partial charge in [0.05, 0.1) is 48.8 Å². The molecule has 0 aromatic carbocycles.